The Morgan fingerprint density at radius 2 is 1.58 bits per heavy atom. The third-order valence-electron chi connectivity index (χ3n) is 4.73. The molecule has 1 heterocycles. The minimum Gasteiger partial charge on any atom is -0.322 e. The summed E-state index contributed by atoms with van der Waals surface area (Å²) in [7, 11) is -3.41. The van der Waals surface area contributed by atoms with Gasteiger partial charge >= 0.3 is 0 Å². The molecule has 2 N–H and O–H groups in total. The van der Waals surface area contributed by atoms with E-state index in [2.05, 4.69) is 10.0 Å². The number of amides is 1. The molecule has 0 aliphatic heterocycles. The van der Waals surface area contributed by atoms with Crippen LogP contribution >= 0.6 is 0 Å². The molecule has 0 saturated carbocycles. The highest BCUT2D eigenvalue weighted by molar-refractivity contribution is 7.92. The first-order chi connectivity index (χ1) is 14.8. The molecule has 3 aromatic carbocycles. The number of aromatic nitrogens is 1. The maximum atomic E-state index is 13.2. The molecular formula is C24H21N3O3S. The number of fused-ring (bicyclic) bond motifs is 1. The smallest absolute Gasteiger partial charge is 0.256 e. The number of nitrogens with zero attached hydrogens (tertiary/aromatic N) is 1. The number of rotatable bonds is 5. The number of para-hydroxylation sites is 1. The topological polar surface area (TPSA) is 88.2 Å². The van der Waals surface area contributed by atoms with Gasteiger partial charge in [-0.1, -0.05) is 54.1 Å². The number of benzene rings is 3. The second kappa shape index (κ2) is 8.20. The van der Waals surface area contributed by atoms with E-state index < -0.39 is 10.0 Å². The van der Waals surface area contributed by atoms with Crippen LogP contribution in [0.5, 0.6) is 0 Å². The third-order valence-corrected chi connectivity index (χ3v) is 5.34. The highest BCUT2D eigenvalue weighted by Crippen LogP contribution is 2.26. The molecule has 0 spiro atoms. The first-order valence-electron chi connectivity index (χ1n) is 9.64. The number of carbonyl (C=O) groups is 1. The Morgan fingerprint density at radius 1 is 0.871 bits per heavy atom. The zero-order valence-corrected chi connectivity index (χ0v) is 17.9. The van der Waals surface area contributed by atoms with Crippen molar-refractivity contribution in [2.45, 2.75) is 6.92 Å². The van der Waals surface area contributed by atoms with Gasteiger partial charge in [0.2, 0.25) is 10.0 Å². The molecule has 0 saturated heterocycles. The number of carbonyl (C=O) groups excluding carboxylic acids is 1. The molecule has 0 aliphatic carbocycles. The standard InChI is InChI=1S/C24H21N3O3S/c1-16-10-12-17(13-11-16)23-15-21(20-8-3-4-9-22(20)26-23)24(28)25-18-6-5-7-19(14-18)27-31(2,29)30/h3-15,27H,1-2H3,(H,25,28). The zero-order valence-electron chi connectivity index (χ0n) is 17.1. The quantitative estimate of drug-likeness (QED) is 0.474. The summed E-state index contributed by atoms with van der Waals surface area (Å²) in [6, 6.07) is 23.8. The molecule has 156 valence electrons. The van der Waals surface area contributed by atoms with Crippen molar-refractivity contribution >= 4 is 38.2 Å². The fourth-order valence-corrected chi connectivity index (χ4v) is 3.86. The summed E-state index contributed by atoms with van der Waals surface area (Å²) >= 11 is 0. The number of sulfonamides is 1. The van der Waals surface area contributed by atoms with E-state index in [9.17, 15) is 13.2 Å². The average Bonchev–Trinajstić information content (AvgIpc) is 2.72. The predicted molar refractivity (Wildman–Crippen MR) is 125 cm³/mol. The molecule has 0 fully saturated rings. The van der Waals surface area contributed by atoms with Gasteiger partial charge in [-0.25, -0.2) is 13.4 Å². The normalized spacial score (nSPS) is 11.3. The number of hydrogen-bond acceptors (Lipinski definition) is 4. The Hall–Kier alpha value is -3.71. The van der Waals surface area contributed by atoms with Crippen molar-refractivity contribution in [3.63, 3.8) is 0 Å². The van der Waals surface area contributed by atoms with Crippen molar-refractivity contribution in [3.8, 4) is 11.3 Å². The first-order valence-corrected chi connectivity index (χ1v) is 11.5. The van der Waals surface area contributed by atoms with Gasteiger partial charge in [0.1, 0.15) is 0 Å². The van der Waals surface area contributed by atoms with Gasteiger partial charge in [-0.3, -0.25) is 9.52 Å². The highest BCUT2D eigenvalue weighted by atomic mass is 32.2. The van der Waals surface area contributed by atoms with Gasteiger partial charge in [-0.2, -0.15) is 0 Å². The molecule has 1 aromatic heterocycles. The van der Waals surface area contributed by atoms with Crippen molar-refractivity contribution in [2.75, 3.05) is 16.3 Å². The van der Waals surface area contributed by atoms with Crippen LogP contribution in [0.15, 0.2) is 78.9 Å². The Morgan fingerprint density at radius 3 is 2.32 bits per heavy atom. The lowest BCUT2D eigenvalue weighted by Crippen LogP contribution is -2.14. The Labute approximate surface area is 181 Å². The molecule has 31 heavy (non-hydrogen) atoms. The zero-order chi connectivity index (χ0) is 22.0. The van der Waals surface area contributed by atoms with Gasteiger partial charge in [0.25, 0.3) is 5.91 Å². The Balaban J connectivity index is 1.72. The molecule has 4 aromatic rings. The summed E-state index contributed by atoms with van der Waals surface area (Å²) < 4.78 is 25.4. The SMILES string of the molecule is Cc1ccc(-c2cc(C(=O)Nc3cccc(NS(C)(=O)=O)c3)c3ccccc3n2)cc1. The monoisotopic (exact) mass is 431 g/mol. The molecule has 0 bridgehead atoms. The van der Waals surface area contributed by atoms with Crippen LogP contribution in [0.2, 0.25) is 0 Å². The van der Waals surface area contributed by atoms with Crippen molar-refractivity contribution < 1.29 is 13.2 Å². The van der Waals surface area contributed by atoms with Crippen LogP contribution in [0, 0.1) is 6.92 Å². The Kier molecular flexibility index (Phi) is 5.44. The summed E-state index contributed by atoms with van der Waals surface area (Å²) in [5, 5.41) is 3.60. The van der Waals surface area contributed by atoms with Crippen molar-refractivity contribution in [1.29, 1.82) is 0 Å². The minimum absolute atomic E-state index is 0.302. The van der Waals surface area contributed by atoms with Crippen LogP contribution in [-0.4, -0.2) is 25.6 Å². The fourth-order valence-electron chi connectivity index (χ4n) is 3.31. The van der Waals surface area contributed by atoms with Gasteiger partial charge < -0.3 is 5.32 Å². The van der Waals surface area contributed by atoms with Crippen LogP contribution in [0.25, 0.3) is 22.2 Å². The number of anilines is 2. The molecule has 0 aliphatic rings. The molecule has 6 nitrogen and oxygen atoms in total. The third kappa shape index (κ3) is 4.90. The van der Waals surface area contributed by atoms with E-state index in [1.54, 1.807) is 30.3 Å². The average molecular weight is 432 g/mol. The van der Waals surface area contributed by atoms with Crippen LogP contribution in [0.4, 0.5) is 11.4 Å². The van der Waals surface area contributed by atoms with E-state index >= 15 is 0 Å². The molecular weight excluding hydrogens is 410 g/mol. The first kappa shape index (κ1) is 20.6. The largest absolute Gasteiger partial charge is 0.322 e. The number of pyridine rings is 1. The molecule has 0 atom stereocenters. The summed E-state index contributed by atoms with van der Waals surface area (Å²) in [6.45, 7) is 2.02. The molecule has 1 amide bonds. The van der Waals surface area contributed by atoms with E-state index in [0.29, 0.717) is 22.6 Å². The van der Waals surface area contributed by atoms with Gasteiger partial charge in [-0.15, -0.1) is 0 Å². The second-order valence-electron chi connectivity index (χ2n) is 7.35. The van der Waals surface area contributed by atoms with E-state index in [1.807, 2.05) is 55.5 Å². The van der Waals surface area contributed by atoms with Crippen molar-refractivity contribution in [1.82, 2.24) is 4.98 Å². The van der Waals surface area contributed by atoms with Crippen LogP contribution < -0.4 is 10.0 Å². The number of nitrogens with one attached hydrogen (secondary N) is 2. The van der Waals surface area contributed by atoms with Crippen LogP contribution in [0.1, 0.15) is 15.9 Å². The predicted octanol–water partition coefficient (Wildman–Crippen LogP) is 4.83. The van der Waals surface area contributed by atoms with E-state index in [4.69, 9.17) is 4.98 Å². The lowest BCUT2D eigenvalue weighted by Gasteiger charge is -2.12. The maximum Gasteiger partial charge on any atom is 0.256 e. The second-order valence-corrected chi connectivity index (χ2v) is 9.10. The van der Waals surface area contributed by atoms with Gasteiger partial charge in [-0.05, 0) is 37.3 Å². The number of aryl methyl sites for hydroxylation is 1. The Bertz CT molecular complexity index is 1380. The van der Waals surface area contributed by atoms with Gasteiger partial charge in [0.05, 0.1) is 28.7 Å². The lowest BCUT2D eigenvalue weighted by atomic mass is 10.0. The van der Waals surface area contributed by atoms with Gasteiger partial charge in [0, 0.05) is 16.6 Å². The fraction of sp³-hybridized carbons (Fsp3) is 0.0833. The molecule has 7 heteroatoms. The van der Waals surface area contributed by atoms with Gasteiger partial charge in [0.15, 0.2) is 0 Å². The lowest BCUT2D eigenvalue weighted by molar-refractivity contribution is 0.102. The van der Waals surface area contributed by atoms with E-state index in [0.717, 1.165) is 28.3 Å². The number of hydrogen-bond donors (Lipinski definition) is 2. The van der Waals surface area contributed by atoms with E-state index in [1.165, 1.54) is 0 Å². The molecule has 4 rings (SSSR count). The van der Waals surface area contributed by atoms with Crippen molar-refractivity contribution in [3.05, 3.63) is 90.0 Å². The van der Waals surface area contributed by atoms with Crippen LogP contribution in [0.3, 0.4) is 0 Å². The summed E-state index contributed by atoms with van der Waals surface area (Å²) in [5.41, 5.74) is 4.84. The summed E-state index contributed by atoms with van der Waals surface area (Å²) in [6.07, 6.45) is 1.08. The van der Waals surface area contributed by atoms with E-state index in [-0.39, 0.29) is 5.91 Å². The maximum absolute atomic E-state index is 13.2. The summed E-state index contributed by atoms with van der Waals surface area (Å²) in [5.74, 6) is -0.302. The highest BCUT2D eigenvalue weighted by Gasteiger charge is 2.15. The van der Waals surface area contributed by atoms with Crippen molar-refractivity contribution in [2.24, 2.45) is 0 Å². The molecule has 0 radical (unpaired) electrons. The van der Waals surface area contributed by atoms with Crippen LogP contribution in [-0.2, 0) is 10.0 Å². The summed E-state index contributed by atoms with van der Waals surface area (Å²) in [4.78, 5) is 17.9. The molecule has 0 unspecified atom stereocenters. The minimum atomic E-state index is -3.41.